The van der Waals surface area contributed by atoms with Gasteiger partial charge in [-0.05, 0) is 48.4 Å². The summed E-state index contributed by atoms with van der Waals surface area (Å²) in [6.45, 7) is 7.52. The van der Waals surface area contributed by atoms with Gasteiger partial charge >= 0.3 is 0 Å². The molecule has 22 heavy (non-hydrogen) atoms. The Hall–Kier alpha value is -1.40. The maximum atomic E-state index is 5.20. The molecule has 0 heterocycles. The molecule has 0 atom stereocenters. The summed E-state index contributed by atoms with van der Waals surface area (Å²) in [5, 5.41) is 14.1. The second-order valence-electron chi connectivity index (χ2n) is 5.04. The van der Waals surface area contributed by atoms with Crippen molar-refractivity contribution in [3.8, 4) is 0 Å². The van der Waals surface area contributed by atoms with Crippen molar-refractivity contribution in [1.82, 2.24) is 21.3 Å². The molecule has 0 aliphatic rings. The standard InChI is InChI=1S/C16H26N4S2/c1-3-9-17-15(21)19-11-13-5-7-14(8-6-13)12-20-16(22)18-10-4-2/h5-8H,3-4,9-12H2,1-2H3,(H2,17,19,21)(H2,18,20,22). The zero-order chi connectivity index (χ0) is 16.2. The molecule has 0 spiro atoms. The van der Waals surface area contributed by atoms with Crippen LogP contribution in [0.5, 0.6) is 0 Å². The molecule has 0 aliphatic heterocycles. The van der Waals surface area contributed by atoms with E-state index in [0.717, 1.165) is 39.0 Å². The zero-order valence-corrected chi connectivity index (χ0v) is 15.0. The average molecular weight is 339 g/mol. The third-order valence-electron chi connectivity index (χ3n) is 3.00. The topological polar surface area (TPSA) is 48.1 Å². The van der Waals surface area contributed by atoms with Crippen LogP contribution in [0.4, 0.5) is 0 Å². The van der Waals surface area contributed by atoms with Gasteiger partial charge in [-0.25, -0.2) is 0 Å². The van der Waals surface area contributed by atoms with Crippen LogP contribution in [0, 0.1) is 0 Å². The molecular formula is C16H26N4S2. The fraction of sp³-hybridized carbons (Fsp3) is 0.500. The van der Waals surface area contributed by atoms with E-state index in [9.17, 15) is 0 Å². The third kappa shape index (κ3) is 8.14. The molecule has 1 aromatic rings. The predicted octanol–water partition coefficient (Wildman–Crippen LogP) is 2.43. The first-order valence-corrected chi connectivity index (χ1v) is 8.58. The summed E-state index contributed by atoms with van der Waals surface area (Å²) >= 11 is 10.4. The lowest BCUT2D eigenvalue weighted by atomic mass is 10.1. The summed E-state index contributed by atoms with van der Waals surface area (Å²) in [4.78, 5) is 0. The maximum Gasteiger partial charge on any atom is 0.166 e. The van der Waals surface area contributed by atoms with Crippen LogP contribution in [0.1, 0.15) is 37.8 Å². The van der Waals surface area contributed by atoms with Gasteiger partial charge in [-0.3, -0.25) is 0 Å². The molecule has 0 unspecified atom stereocenters. The summed E-state index contributed by atoms with van der Waals surface area (Å²) < 4.78 is 0. The number of rotatable bonds is 8. The fourth-order valence-corrected chi connectivity index (χ4v) is 2.09. The van der Waals surface area contributed by atoms with Crippen molar-refractivity contribution in [3.63, 3.8) is 0 Å². The van der Waals surface area contributed by atoms with Crippen LogP contribution in [-0.4, -0.2) is 23.3 Å². The quantitative estimate of drug-likeness (QED) is 0.546. The van der Waals surface area contributed by atoms with Gasteiger partial charge in [0, 0.05) is 26.2 Å². The zero-order valence-electron chi connectivity index (χ0n) is 13.4. The molecule has 0 saturated carbocycles. The minimum Gasteiger partial charge on any atom is -0.363 e. The molecule has 122 valence electrons. The highest BCUT2D eigenvalue weighted by Crippen LogP contribution is 2.04. The van der Waals surface area contributed by atoms with E-state index in [-0.39, 0.29) is 0 Å². The fourth-order valence-electron chi connectivity index (χ4n) is 1.74. The van der Waals surface area contributed by atoms with Crippen LogP contribution in [0.2, 0.25) is 0 Å². The summed E-state index contributed by atoms with van der Waals surface area (Å²) in [6.07, 6.45) is 2.14. The van der Waals surface area contributed by atoms with Gasteiger partial charge in [0.1, 0.15) is 0 Å². The Morgan fingerprint density at radius 1 is 0.727 bits per heavy atom. The monoisotopic (exact) mass is 338 g/mol. The van der Waals surface area contributed by atoms with Crippen molar-refractivity contribution < 1.29 is 0 Å². The van der Waals surface area contributed by atoms with Gasteiger partial charge in [0.2, 0.25) is 0 Å². The number of thiocarbonyl (C=S) groups is 2. The highest BCUT2D eigenvalue weighted by Gasteiger charge is 1.98. The minimum atomic E-state index is 0.708. The number of hydrogen-bond donors (Lipinski definition) is 4. The lowest BCUT2D eigenvalue weighted by Crippen LogP contribution is -2.35. The second kappa shape index (κ2) is 11.2. The summed E-state index contributed by atoms with van der Waals surface area (Å²) in [7, 11) is 0. The number of benzene rings is 1. The molecule has 0 fully saturated rings. The van der Waals surface area contributed by atoms with Crippen molar-refractivity contribution >= 4 is 34.7 Å². The van der Waals surface area contributed by atoms with Crippen LogP contribution < -0.4 is 21.3 Å². The van der Waals surface area contributed by atoms with Crippen LogP contribution in [0.15, 0.2) is 24.3 Å². The first kappa shape index (κ1) is 18.6. The Kier molecular flexibility index (Phi) is 9.50. The second-order valence-corrected chi connectivity index (χ2v) is 5.85. The largest absolute Gasteiger partial charge is 0.363 e. The van der Waals surface area contributed by atoms with Crippen LogP contribution in [-0.2, 0) is 13.1 Å². The Labute approximate surface area is 144 Å². The van der Waals surface area contributed by atoms with E-state index >= 15 is 0 Å². The van der Waals surface area contributed by atoms with Gasteiger partial charge in [-0.1, -0.05) is 38.1 Å². The van der Waals surface area contributed by atoms with Crippen LogP contribution in [0.3, 0.4) is 0 Å². The summed E-state index contributed by atoms with van der Waals surface area (Å²) in [5.41, 5.74) is 2.41. The molecule has 1 aromatic carbocycles. The van der Waals surface area contributed by atoms with E-state index in [0.29, 0.717) is 10.2 Å². The van der Waals surface area contributed by atoms with Gasteiger partial charge in [-0.15, -0.1) is 0 Å². The molecule has 0 aromatic heterocycles. The van der Waals surface area contributed by atoms with E-state index in [1.54, 1.807) is 0 Å². The van der Waals surface area contributed by atoms with Crippen molar-refractivity contribution in [2.24, 2.45) is 0 Å². The molecular weight excluding hydrogens is 312 g/mol. The molecule has 0 amide bonds. The highest BCUT2D eigenvalue weighted by molar-refractivity contribution is 7.80. The molecule has 0 radical (unpaired) electrons. The SMILES string of the molecule is CCCNC(=S)NCc1ccc(CNC(=S)NCCC)cc1. The third-order valence-corrected chi connectivity index (χ3v) is 3.58. The first-order valence-electron chi connectivity index (χ1n) is 7.77. The molecule has 4 nitrogen and oxygen atoms in total. The Balaban J connectivity index is 2.30. The van der Waals surface area contributed by atoms with Crippen LogP contribution >= 0.6 is 24.4 Å². The van der Waals surface area contributed by atoms with E-state index < -0.39 is 0 Å². The van der Waals surface area contributed by atoms with Gasteiger partial charge in [0.05, 0.1) is 0 Å². The predicted molar refractivity (Wildman–Crippen MR) is 102 cm³/mol. The van der Waals surface area contributed by atoms with E-state index in [1.807, 2.05) is 0 Å². The molecule has 1 rings (SSSR count). The Morgan fingerprint density at radius 3 is 1.41 bits per heavy atom. The lowest BCUT2D eigenvalue weighted by molar-refractivity contribution is 0.795. The number of nitrogens with one attached hydrogen (secondary N) is 4. The molecule has 0 aliphatic carbocycles. The Bertz CT molecular complexity index is 417. The van der Waals surface area contributed by atoms with Crippen LogP contribution in [0.25, 0.3) is 0 Å². The highest BCUT2D eigenvalue weighted by atomic mass is 32.1. The summed E-state index contributed by atoms with van der Waals surface area (Å²) in [5.74, 6) is 0. The molecule has 4 N–H and O–H groups in total. The van der Waals surface area contributed by atoms with E-state index in [1.165, 1.54) is 11.1 Å². The average Bonchev–Trinajstić information content (AvgIpc) is 2.55. The van der Waals surface area contributed by atoms with Gasteiger partial charge in [0.15, 0.2) is 10.2 Å². The molecule has 6 heteroatoms. The van der Waals surface area contributed by atoms with Gasteiger partial charge < -0.3 is 21.3 Å². The smallest absolute Gasteiger partial charge is 0.166 e. The van der Waals surface area contributed by atoms with Crippen molar-refractivity contribution in [2.45, 2.75) is 39.8 Å². The summed E-state index contributed by atoms with van der Waals surface area (Å²) in [6, 6.07) is 8.42. The van der Waals surface area contributed by atoms with Crippen molar-refractivity contribution in [2.75, 3.05) is 13.1 Å². The minimum absolute atomic E-state index is 0.708. The lowest BCUT2D eigenvalue weighted by Gasteiger charge is -2.11. The van der Waals surface area contributed by atoms with Crippen molar-refractivity contribution in [3.05, 3.63) is 35.4 Å². The Morgan fingerprint density at radius 2 is 1.09 bits per heavy atom. The number of hydrogen-bond acceptors (Lipinski definition) is 2. The molecule has 0 bridgehead atoms. The van der Waals surface area contributed by atoms with Gasteiger partial charge in [0.25, 0.3) is 0 Å². The molecule has 0 saturated heterocycles. The normalized spacial score (nSPS) is 9.91. The first-order chi connectivity index (χ1) is 10.7. The van der Waals surface area contributed by atoms with Crippen molar-refractivity contribution in [1.29, 1.82) is 0 Å². The van der Waals surface area contributed by atoms with Gasteiger partial charge in [-0.2, -0.15) is 0 Å². The maximum absolute atomic E-state index is 5.20. The van der Waals surface area contributed by atoms with E-state index in [2.05, 4.69) is 59.4 Å². The van der Waals surface area contributed by atoms with E-state index in [4.69, 9.17) is 24.4 Å².